The van der Waals surface area contributed by atoms with Crippen LogP contribution in [0.5, 0.6) is 0 Å². The first kappa shape index (κ1) is 41.6. The maximum Gasteiger partial charge on any atom is 0.407 e. The van der Waals surface area contributed by atoms with Gasteiger partial charge in [-0.1, -0.05) is 74.5 Å². The fourth-order valence-corrected chi connectivity index (χ4v) is 7.65. The highest BCUT2D eigenvalue weighted by atomic mass is 32.2. The van der Waals surface area contributed by atoms with Crippen LogP contribution in [0.15, 0.2) is 83.5 Å². The minimum atomic E-state index is -3.52. The lowest BCUT2D eigenvalue weighted by Crippen LogP contribution is -2.54. The molecule has 4 atom stereocenters. The lowest BCUT2D eigenvalue weighted by molar-refractivity contribution is -0.123. The maximum absolute atomic E-state index is 14.0. The third kappa shape index (κ3) is 15.4. The summed E-state index contributed by atoms with van der Waals surface area (Å²) in [5, 5.41) is 14.6. The molecule has 53 heavy (non-hydrogen) atoms. The Morgan fingerprint density at radius 2 is 1.55 bits per heavy atom. The SMILES string of the molecule is CC(C)C1NC(CN(C)C(=O)N[C@@H](CCNS(C)(=O)=O)C(=O)N[C@@H](CC[C@@H](Cc2ccccc2)NC(=O)OCc2cncs2)Cc2ccccc2)=CS1. The molecule has 0 spiro atoms. The number of nitrogens with zero attached hydrogens (tertiary/aromatic N) is 2. The minimum absolute atomic E-state index is 0.0343. The first-order chi connectivity index (χ1) is 25.3. The summed E-state index contributed by atoms with van der Waals surface area (Å²) >= 11 is 3.07. The summed E-state index contributed by atoms with van der Waals surface area (Å²) in [7, 11) is -1.88. The molecule has 3 aromatic rings. The topological polar surface area (TPSA) is 171 Å². The number of amides is 4. The van der Waals surface area contributed by atoms with Crippen LogP contribution in [0.1, 0.15) is 49.1 Å². The number of likely N-dealkylation sites (N-methyl/N-ethyl adjacent to an activating group) is 1. The van der Waals surface area contributed by atoms with Gasteiger partial charge in [0, 0.05) is 37.6 Å². The van der Waals surface area contributed by atoms with Gasteiger partial charge in [0.05, 0.1) is 28.6 Å². The van der Waals surface area contributed by atoms with Gasteiger partial charge >= 0.3 is 12.1 Å². The summed E-state index contributed by atoms with van der Waals surface area (Å²) in [5.41, 5.74) is 4.62. The van der Waals surface area contributed by atoms with Crippen molar-refractivity contribution in [3.05, 3.63) is 99.5 Å². The molecule has 288 valence electrons. The first-order valence-electron chi connectivity index (χ1n) is 17.6. The van der Waals surface area contributed by atoms with Crippen molar-refractivity contribution >= 4 is 51.2 Å². The standard InChI is InChI=1S/C37H51N7O6S3/c1-26(2)35-41-31(24-51-35)22-44(3)36(46)43-33(17-18-39-53(4,48)49)34(45)40-29(19-27-11-7-5-8-12-27)15-16-30(20-28-13-9-6-10-14-28)42-37(47)50-23-32-21-38-25-52-32/h5-14,21,24-26,29-30,33,35,39,41H,15-20,22-23H2,1-4H3,(H,40,45)(H,42,47)(H,43,46)/t29-,30-,33-,35?/m0/s1. The van der Waals surface area contributed by atoms with Crippen molar-refractivity contribution in [1.82, 2.24) is 35.9 Å². The van der Waals surface area contributed by atoms with Crippen LogP contribution in [0.2, 0.25) is 0 Å². The number of urea groups is 1. The van der Waals surface area contributed by atoms with Gasteiger partial charge in [0.1, 0.15) is 12.6 Å². The van der Waals surface area contributed by atoms with Crippen LogP contribution in [0, 0.1) is 5.92 Å². The molecule has 4 amide bonds. The molecule has 0 fully saturated rings. The van der Waals surface area contributed by atoms with Crippen LogP contribution in [-0.4, -0.2) is 86.2 Å². The Hall–Kier alpha value is -4.12. The molecular formula is C37H51N7O6S3. The first-order valence-corrected chi connectivity index (χ1v) is 21.3. The summed E-state index contributed by atoms with van der Waals surface area (Å²) in [6, 6.07) is 17.4. The molecule has 0 saturated heterocycles. The van der Waals surface area contributed by atoms with Crippen LogP contribution in [0.4, 0.5) is 9.59 Å². The van der Waals surface area contributed by atoms with Crippen molar-refractivity contribution in [2.45, 2.75) is 76.1 Å². The monoisotopic (exact) mass is 785 g/mol. The average Bonchev–Trinajstić information content (AvgIpc) is 3.82. The number of thioether (sulfide) groups is 1. The number of thiazole rings is 1. The van der Waals surface area contributed by atoms with Crippen LogP contribution in [0.25, 0.3) is 0 Å². The largest absolute Gasteiger partial charge is 0.444 e. The predicted octanol–water partition coefficient (Wildman–Crippen LogP) is 4.60. The number of ether oxygens (including phenoxy) is 1. The molecule has 2 heterocycles. The third-order valence-corrected chi connectivity index (χ3v) is 11.3. The fraction of sp³-hybridized carbons (Fsp3) is 0.459. The molecule has 1 aliphatic rings. The van der Waals surface area contributed by atoms with Gasteiger partial charge in [0.15, 0.2) is 0 Å². The van der Waals surface area contributed by atoms with Crippen molar-refractivity contribution < 1.29 is 27.5 Å². The molecule has 1 aliphatic heterocycles. The van der Waals surface area contributed by atoms with E-state index in [2.05, 4.69) is 44.8 Å². The molecule has 5 N–H and O–H groups in total. The number of carbonyl (C=O) groups is 3. The number of rotatable bonds is 20. The molecule has 1 aromatic heterocycles. The Bertz CT molecular complexity index is 1730. The number of nitrogens with one attached hydrogen (secondary N) is 5. The zero-order valence-electron chi connectivity index (χ0n) is 30.6. The van der Waals surface area contributed by atoms with Gasteiger partial charge in [-0.15, -0.1) is 23.1 Å². The van der Waals surface area contributed by atoms with E-state index in [-0.39, 0.29) is 37.0 Å². The number of alkyl carbamates (subject to hydrolysis) is 1. The number of aromatic nitrogens is 1. The van der Waals surface area contributed by atoms with Crippen LogP contribution >= 0.6 is 23.1 Å². The second kappa shape index (κ2) is 20.9. The minimum Gasteiger partial charge on any atom is -0.444 e. The van der Waals surface area contributed by atoms with Gasteiger partial charge in [0.2, 0.25) is 15.9 Å². The molecule has 13 nitrogen and oxygen atoms in total. The van der Waals surface area contributed by atoms with Gasteiger partial charge in [-0.2, -0.15) is 0 Å². The molecule has 2 aromatic carbocycles. The third-order valence-electron chi connectivity index (χ3n) is 8.47. The van der Waals surface area contributed by atoms with Crippen molar-refractivity contribution in [3.63, 3.8) is 0 Å². The summed E-state index contributed by atoms with van der Waals surface area (Å²) in [6.07, 6.45) is 4.24. The number of benzene rings is 2. The number of sulfonamides is 1. The van der Waals surface area contributed by atoms with E-state index in [0.717, 1.165) is 28.0 Å². The van der Waals surface area contributed by atoms with E-state index in [1.54, 1.807) is 30.5 Å². The lowest BCUT2D eigenvalue weighted by atomic mass is 9.95. The molecule has 16 heteroatoms. The number of hydrogen-bond donors (Lipinski definition) is 5. The summed E-state index contributed by atoms with van der Waals surface area (Å²) in [5.74, 6) is -0.0346. The van der Waals surface area contributed by atoms with Crippen LogP contribution < -0.4 is 26.0 Å². The van der Waals surface area contributed by atoms with E-state index >= 15 is 0 Å². The Balaban J connectivity index is 1.46. The van der Waals surface area contributed by atoms with E-state index in [1.165, 1.54) is 16.2 Å². The van der Waals surface area contributed by atoms with Gasteiger partial charge in [0.25, 0.3) is 0 Å². The van der Waals surface area contributed by atoms with Crippen LogP contribution in [0.3, 0.4) is 0 Å². The lowest BCUT2D eigenvalue weighted by Gasteiger charge is -2.27. The summed E-state index contributed by atoms with van der Waals surface area (Å²) < 4.78 is 31.6. The van der Waals surface area contributed by atoms with Crippen molar-refractivity contribution in [2.75, 3.05) is 26.4 Å². The maximum atomic E-state index is 14.0. The van der Waals surface area contributed by atoms with E-state index in [9.17, 15) is 22.8 Å². The van der Waals surface area contributed by atoms with Gasteiger partial charge < -0.3 is 30.9 Å². The number of carbonyl (C=O) groups excluding carboxylic acids is 3. The molecular weight excluding hydrogens is 735 g/mol. The summed E-state index contributed by atoms with van der Waals surface area (Å²) in [6.45, 7) is 4.63. The molecule has 4 rings (SSSR count). The molecule has 0 aliphatic carbocycles. The highest BCUT2D eigenvalue weighted by Crippen LogP contribution is 2.26. The molecule has 0 radical (unpaired) electrons. The molecule has 1 unspecified atom stereocenters. The second-order valence-corrected chi connectivity index (χ2v) is 17.3. The van der Waals surface area contributed by atoms with Gasteiger partial charge in [-0.25, -0.2) is 22.7 Å². The highest BCUT2D eigenvalue weighted by molar-refractivity contribution is 8.03. The van der Waals surface area contributed by atoms with E-state index in [1.807, 2.05) is 66.1 Å². The van der Waals surface area contributed by atoms with E-state index in [0.29, 0.717) is 38.1 Å². The Morgan fingerprint density at radius 1 is 0.925 bits per heavy atom. The zero-order valence-corrected chi connectivity index (χ0v) is 33.1. The smallest absolute Gasteiger partial charge is 0.407 e. The van der Waals surface area contributed by atoms with E-state index < -0.39 is 34.1 Å². The van der Waals surface area contributed by atoms with Crippen molar-refractivity contribution in [2.24, 2.45) is 5.92 Å². The summed E-state index contributed by atoms with van der Waals surface area (Å²) in [4.78, 5) is 46.6. The van der Waals surface area contributed by atoms with Gasteiger partial charge in [-0.05, 0) is 54.6 Å². The Kier molecular flexibility index (Phi) is 16.5. The van der Waals surface area contributed by atoms with Gasteiger partial charge in [-0.3, -0.25) is 9.78 Å². The Morgan fingerprint density at radius 3 is 2.09 bits per heavy atom. The number of hydrogen-bond acceptors (Lipinski definition) is 10. The van der Waals surface area contributed by atoms with E-state index in [4.69, 9.17) is 4.74 Å². The normalized spacial score (nSPS) is 15.8. The molecule has 0 bridgehead atoms. The quantitative estimate of drug-likeness (QED) is 0.110. The Labute approximate surface area is 321 Å². The molecule has 0 saturated carbocycles. The average molecular weight is 786 g/mol. The fourth-order valence-electron chi connectivity index (χ4n) is 5.67. The van der Waals surface area contributed by atoms with Crippen LogP contribution in [-0.2, 0) is 39.0 Å². The zero-order chi connectivity index (χ0) is 38.2. The second-order valence-electron chi connectivity index (χ2n) is 13.4. The van der Waals surface area contributed by atoms with Crippen molar-refractivity contribution in [1.29, 1.82) is 0 Å². The predicted molar refractivity (Wildman–Crippen MR) is 211 cm³/mol. The van der Waals surface area contributed by atoms with Crippen molar-refractivity contribution in [3.8, 4) is 0 Å². The highest BCUT2D eigenvalue weighted by Gasteiger charge is 2.27.